The van der Waals surface area contributed by atoms with E-state index >= 15 is 0 Å². The molecule has 63 heavy (non-hydrogen) atoms. The first-order valence-corrected chi connectivity index (χ1v) is 27.1. The van der Waals surface area contributed by atoms with Gasteiger partial charge in [-0.25, -0.2) is 0 Å². The predicted molar refractivity (Wildman–Crippen MR) is 270 cm³/mol. The minimum Gasteiger partial charge on any atom is -0.462 e. The third-order valence-corrected chi connectivity index (χ3v) is 11.8. The maximum atomic E-state index is 12.8. The molecule has 0 unspecified atom stereocenters. The van der Waals surface area contributed by atoms with E-state index in [-0.39, 0.29) is 31.1 Å². The van der Waals surface area contributed by atoms with E-state index in [0.717, 1.165) is 89.9 Å². The summed E-state index contributed by atoms with van der Waals surface area (Å²) in [6, 6.07) is 0. The zero-order valence-corrected chi connectivity index (χ0v) is 41.8. The lowest BCUT2D eigenvalue weighted by Gasteiger charge is -2.18. The summed E-state index contributed by atoms with van der Waals surface area (Å²) in [4.78, 5) is 38.0. The van der Waals surface area contributed by atoms with Gasteiger partial charge < -0.3 is 14.2 Å². The molecule has 0 saturated carbocycles. The molecule has 0 aliphatic carbocycles. The van der Waals surface area contributed by atoms with Gasteiger partial charge in [-0.05, 0) is 83.5 Å². The van der Waals surface area contributed by atoms with Crippen LogP contribution in [0, 0.1) is 0 Å². The van der Waals surface area contributed by atoms with Gasteiger partial charge in [0.25, 0.3) is 0 Å². The van der Waals surface area contributed by atoms with Crippen LogP contribution < -0.4 is 0 Å². The highest BCUT2D eigenvalue weighted by atomic mass is 16.6. The third-order valence-electron chi connectivity index (χ3n) is 11.8. The zero-order chi connectivity index (χ0) is 45.8. The quantitative estimate of drug-likeness (QED) is 0.0262. The van der Waals surface area contributed by atoms with Crippen molar-refractivity contribution in [1.29, 1.82) is 0 Å². The molecule has 0 aliphatic rings. The lowest BCUT2D eigenvalue weighted by molar-refractivity contribution is -0.167. The van der Waals surface area contributed by atoms with Crippen LogP contribution in [0.4, 0.5) is 0 Å². The van der Waals surface area contributed by atoms with Gasteiger partial charge in [0.05, 0.1) is 0 Å². The summed E-state index contributed by atoms with van der Waals surface area (Å²) in [5.41, 5.74) is 0. The van der Waals surface area contributed by atoms with Crippen molar-refractivity contribution in [2.75, 3.05) is 13.2 Å². The van der Waals surface area contributed by atoms with Gasteiger partial charge in [0, 0.05) is 19.3 Å². The Labute approximate surface area is 390 Å². The zero-order valence-electron chi connectivity index (χ0n) is 41.8. The SMILES string of the molecule is CCCCC/C=C\C/C=C\CCCCCCCCCCCC(=O)OC[C@H](COC(=O)CCCCCCCCCCCCC)OC(=O)CCCCCCC/C=C\C/C=C\CCCCC. The van der Waals surface area contributed by atoms with Crippen molar-refractivity contribution in [3.8, 4) is 0 Å². The largest absolute Gasteiger partial charge is 0.462 e. The molecule has 0 radical (unpaired) electrons. The van der Waals surface area contributed by atoms with Crippen molar-refractivity contribution in [3.05, 3.63) is 48.6 Å². The van der Waals surface area contributed by atoms with Crippen LogP contribution in [-0.4, -0.2) is 37.2 Å². The first kappa shape index (κ1) is 60.4. The first-order chi connectivity index (χ1) is 31.0. The van der Waals surface area contributed by atoms with E-state index in [1.54, 1.807) is 0 Å². The van der Waals surface area contributed by atoms with E-state index in [9.17, 15) is 14.4 Å². The lowest BCUT2D eigenvalue weighted by atomic mass is 10.1. The minimum absolute atomic E-state index is 0.0778. The monoisotopic (exact) mass is 883 g/mol. The summed E-state index contributed by atoms with van der Waals surface area (Å²) in [6.45, 7) is 6.58. The molecule has 0 heterocycles. The standard InChI is InChI=1S/C57H102O6/c1-4-7-10-13-16-19-22-24-26-27-28-29-31-32-35-38-41-44-47-50-56(59)62-53-54(52-61-55(58)49-46-43-40-37-34-21-18-15-12-9-6-3)63-57(60)51-48-45-42-39-36-33-30-25-23-20-17-14-11-8-5-2/h16-17,19-20,24-26,30,54H,4-15,18,21-23,27-29,31-53H2,1-3H3/b19-16-,20-17-,26-24-,30-25-/t54-/m0/s1. The Bertz CT molecular complexity index is 1110. The number of carbonyl (C=O) groups excluding carboxylic acids is 3. The Kier molecular flexibility index (Phi) is 49.8. The van der Waals surface area contributed by atoms with Crippen LogP contribution in [0.3, 0.4) is 0 Å². The van der Waals surface area contributed by atoms with Gasteiger partial charge >= 0.3 is 17.9 Å². The number of rotatable bonds is 49. The van der Waals surface area contributed by atoms with Gasteiger partial charge in [0.15, 0.2) is 6.10 Å². The fourth-order valence-corrected chi connectivity index (χ4v) is 7.68. The molecular weight excluding hydrogens is 781 g/mol. The van der Waals surface area contributed by atoms with Crippen LogP contribution in [0.5, 0.6) is 0 Å². The number of carbonyl (C=O) groups is 3. The summed E-state index contributed by atoms with van der Waals surface area (Å²) < 4.78 is 16.8. The number of esters is 3. The van der Waals surface area contributed by atoms with Gasteiger partial charge in [0.1, 0.15) is 13.2 Å². The van der Waals surface area contributed by atoms with Crippen LogP contribution in [0.15, 0.2) is 48.6 Å². The molecule has 0 N–H and O–H groups in total. The van der Waals surface area contributed by atoms with Crippen LogP contribution >= 0.6 is 0 Å². The highest BCUT2D eigenvalue weighted by Crippen LogP contribution is 2.15. The van der Waals surface area contributed by atoms with Crippen molar-refractivity contribution in [3.63, 3.8) is 0 Å². The number of ether oxygens (including phenoxy) is 3. The van der Waals surface area contributed by atoms with E-state index in [4.69, 9.17) is 14.2 Å². The average Bonchev–Trinajstić information content (AvgIpc) is 3.28. The predicted octanol–water partition coefficient (Wildman–Crippen LogP) is 17.9. The van der Waals surface area contributed by atoms with Gasteiger partial charge in [-0.15, -0.1) is 0 Å². The minimum atomic E-state index is -0.779. The van der Waals surface area contributed by atoms with Crippen LogP contribution in [0.1, 0.15) is 278 Å². The van der Waals surface area contributed by atoms with Gasteiger partial charge in [-0.3, -0.25) is 14.4 Å². The fraction of sp³-hybridized carbons (Fsp3) is 0.807. The molecule has 0 aromatic heterocycles. The normalized spacial score (nSPS) is 12.4. The highest BCUT2D eigenvalue weighted by Gasteiger charge is 2.19. The molecule has 0 spiro atoms. The Morgan fingerprint density at radius 2 is 0.571 bits per heavy atom. The summed E-state index contributed by atoms with van der Waals surface area (Å²) >= 11 is 0. The molecule has 6 heteroatoms. The van der Waals surface area contributed by atoms with Crippen molar-refractivity contribution in [2.24, 2.45) is 0 Å². The van der Waals surface area contributed by atoms with Gasteiger partial charge in [-0.1, -0.05) is 223 Å². The van der Waals surface area contributed by atoms with Gasteiger partial charge in [0.2, 0.25) is 0 Å². The number of hydrogen-bond acceptors (Lipinski definition) is 6. The van der Waals surface area contributed by atoms with Crippen molar-refractivity contribution >= 4 is 17.9 Å². The number of allylic oxidation sites excluding steroid dienone is 8. The lowest BCUT2D eigenvalue weighted by Crippen LogP contribution is -2.30. The maximum absolute atomic E-state index is 12.8. The summed E-state index contributed by atoms with van der Waals surface area (Å²) in [5.74, 6) is -0.887. The smallest absolute Gasteiger partial charge is 0.306 e. The maximum Gasteiger partial charge on any atom is 0.306 e. The Balaban J connectivity index is 4.34. The molecular formula is C57H102O6. The average molecular weight is 883 g/mol. The molecule has 0 aromatic carbocycles. The third kappa shape index (κ3) is 50.2. The van der Waals surface area contributed by atoms with Crippen LogP contribution in [-0.2, 0) is 28.6 Å². The highest BCUT2D eigenvalue weighted by molar-refractivity contribution is 5.71. The molecule has 0 bridgehead atoms. The van der Waals surface area contributed by atoms with E-state index in [1.165, 1.54) is 148 Å². The molecule has 0 aromatic rings. The van der Waals surface area contributed by atoms with Crippen molar-refractivity contribution in [2.45, 2.75) is 284 Å². The topological polar surface area (TPSA) is 78.9 Å². The van der Waals surface area contributed by atoms with Crippen molar-refractivity contribution < 1.29 is 28.6 Å². The summed E-state index contributed by atoms with van der Waals surface area (Å²) in [6.07, 6.45) is 62.3. The molecule has 0 fully saturated rings. The van der Waals surface area contributed by atoms with Crippen LogP contribution in [0.25, 0.3) is 0 Å². The van der Waals surface area contributed by atoms with E-state index < -0.39 is 6.10 Å². The molecule has 0 saturated heterocycles. The van der Waals surface area contributed by atoms with Crippen molar-refractivity contribution in [1.82, 2.24) is 0 Å². The Hall–Kier alpha value is -2.63. The molecule has 1 atom stereocenters. The Morgan fingerprint density at radius 3 is 0.905 bits per heavy atom. The second kappa shape index (κ2) is 52.0. The second-order valence-electron chi connectivity index (χ2n) is 18.1. The van der Waals surface area contributed by atoms with E-state index in [2.05, 4.69) is 69.4 Å². The van der Waals surface area contributed by atoms with Gasteiger partial charge in [-0.2, -0.15) is 0 Å². The molecule has 366 valence electrons. The molecule has 0 aliphatic heterocycles. The number of hydrogen-bond donors (Lipinski definition) is 0. The summed E-state index contributed by atoms with van der Waals surface area (Å²) in [5, 5.41) is 0. The Morgan fingerprint density at radius 1 is 0.317 bits per heavy atom. The van der Waals surface area contributed by atoms with Crippen LogP contribution in [0.2, 0.25) is 0 Å². The first-order valence-electron chi connectivity index (χ1n) is 27.1. The van der Waals surface area contributed by atoms with E-state index in [1.807, 2.05) is 0 Å². The summed E-state index contributed by atoms with van der Waals surface area (Å²) in [7, 11) is 0. The van der Waals surface area contributed by atoms with E-state index in [0.29, 0.717) is 19.3 Å². The number of unbranched alkanes of at least 4 members (excludes halogenated alkanes) is 30. The molecule has 6 nitrogen and oxygen atoms in total. The second-order valence-corrected chi connectivity index (χ2v) is 18.1. The molecule has 0 rings (SSSR count). The fourth-order valence-electron chi connectivity index (χ4n) is 7.68. The molecule has 0 amide bonds.